The Morgan fingerprint density at radius 1 is 1.50 bits per heavy atom. The second-order valence-corrected chi connectivity index (χ2v) is 5.05. The zero-order valence-electron chi connectivity index (χ0n) is 6.59. The van der Waals surface area contributed by atoms with E-state index in [9.17, 15) is 0 Å². The van der Waals surface area contributed by atoms with Gasteiger partial charge in [-0.3, -0.25) is 0 Å². The van der Waals surface area contributed by atoms with Crippen LogP contribution < -0.4 is 4.74 Å². The molecule has 0 aliphatic carbocycles. The van der Waals surface area contributed by atoms with Crippen molar-refractivity contribution >= 4 is 28.5 Å². The van der Waals surface area contributed by atoms with E-state index in [2.05, 4.69) is 0 Å². The van der Waals surface area contributed by atoms with Crippen LogP contribution in [0.1, 0.15) is 16.7 Å². The van der Waals surface area contributed by atoms with Crippen molar-refractivity contribution in [2.75, 3.05) is 6.61 Å². The summed E-state index contributed by atoms with van der Waals surface area (Å²) in [5.74, 6) is 1.01. The fourth-order valence-corrected chi connectivity index (χ4v) is 2.40. The maximum atomic E-state index is 5.89. The van der Waals surface area contributed by atoms with Gasteiger partial charge in [-0.25, -0.2) is 0 Å². The molecule has 1 aromatic carbocycles. The van der Waals surface area contributed by atoms with Crippen molar-refractivity contribution < 1.29 is 4.74 Å². The first-order chi connectivity index (χ1) is 5.77. The normalized spacial score (nSPS) is 21.3. The number of rotatable bonds is 0. The molecule has 2 unspecified atom stereocenters. The van der Waals surface area contributed by atoms with Crippen LogP contribution in [-0.4, -0.2) is 23.5 Å². The van der Waals surface area contributed by atoms with E-state index in [1.807, 2.05) is 18.2 Å². The predicted octanol–water partition coefficient (Wildman–Crippen LogP) is 1.80. The van der Waals surface area contributed by atoms with E-state index in [1.165, 1.54) is 5.56 Å². The monoisotopic (exact) mass is 244 g/mol. The Morgan fingerprint density at radius 2 is 2.33 bits per heavy atom. The molecule has 0 N–H and O–H groups in total. The molecule has 0 aromatic heterocycles. The van der Waals surface area contributed by atoms with Crippen molar-refractivity contribution in [1.82, 2.24) is 0 Å². The SMILES string of the molecule is Clc1ccc2c(c1)C([AsH2])CCO2. The number of ether oxygens (including phenoxy) is 1. The summed E-state index contributed by atoms with van der Waals surface area (Å²) >= 11 is 7.64. The predicted molar refractivity (Wildman–Crippen MR) is 52.8 cm³/mol. The van der Waals surface area contributed by atoms with E-state index in [-0.39, 0.29) is 0 Å². The molecule has 1 aromatic rings. The Balaban J connectivity index is 2.47. The van der Waals surface area contributed by atoms with Crippen molar-refractivity contribution in [3.05, 3.63) is 28.8 Å². The summed E-state index contributed by atoms with van der Waals surface area (Å²) in [6, 6.07) is 5.86. The summed E-state index contributed by atoms with van der Waals surface area (Å²) in [5.41, 5.74) is 1.27. The van der Waals surface area contributed by atoms with E-state index in [0.717, 1.165) is 23.8 Å². The number of benzene rings is 1. The average Bonchev–Trinajstić information content (AvgIpc) is 2.07. The molecule has 12 heavy (non-hydrogen) atoms. The van der Waals surface area contributed by atoms with Crippen LogP contribution in [0.4, 0.5) is 0 Å². The van der Waals surface area contributed by atoms with Gasteiger partial charge in [0.25, 0.3) is 0 Å². The van der Waals surface area contributed by atoms with Gasteiger partial charge in [0, 0.05) is 0 Å². The van der Waals surface area contributed by atoms with Gasteiger partial charge >= 0.3 is 85.5 Å². The third-order valence-electron chi connectivity index (χ3n) is 2.06. The van der Waals surface area contributed by atoms with Crippen LogP contribution in [0.3, 0.4) is 0 Å². The minimum atomic E-state index is 0.639. The van der Waals surface area contributed by atoms with Gasteiger partial charge in [0.15, 0.2) is 0 Å². The van der Waals surface area contributed by atoms with Crippen molar-refractivity contribution in [2.45, 2.75) is 11.1 Å². The van der Waals surface area contributed by atoms with E-state index in [0.29, 0.717) is 4.71 Å². The van der Waals surface area contributed by atoms with Gasteiger partial charge in [-0.15, -0.1) is 0 Å². The van der Waals surface area contributed by atoms with E-state index < -0.39 is 0 Å². The molecule has 1 aliphatic rings. The van der Waals surface area contributed by atoms with Gasteiger partial charge < -0.3 is 0 Å². The standard InChI is InChI=1S/C9H10AsClO/c10-8-3-4-12-9-2-1-6(11)5-7(8)9/h1-2,5,8H,3-4,10H2. The Labute approximate surface area is 85.6 Å². The molecule has 2 atom stereocenters. The van der Waals surface area contributed by atoms with Crippen LogP contribution in [0.15, 0.2) is 18.2 Å². The molecule has 0 radical (unpaired) electrons. The summed E-state index contributed by atoms with van der Waals surface area (Å²) in [4.78, 5) is 0. The summed E-state index contributed by atoms with van der Waals surface area (Å²) in [6.07, 6.45) is 1.12. The summed E-state index contributed by atoms with van der Waals surface area (Å²) in [7, 11) is 0. The third kappa shape index (κ3) is 1.48. The van der Waals surface area contributed by atoms with Gasteiger partial charge in [-0.05, 0) is 0 Å². The molecule has 1 aliphatic heterocycles. The van der Waals surface area contributed by atoms with Crippen LogP contribution in [0.2, 0.25) is 5.02 Å². The van der Waals surface area contributed by atoms with Gasteiger partial charge in [0.05, 0.1) is 0 Å². The minimum absolute atomic E-state index is 0.639. The first-order valence-corrected chi connectivity index (χ1v) is 5.73. The molecule has 0 fully saturated rings. The topological polar surface area (TPSA) is 9.23 Å². The fraction of sp³-hybridized carbons (Fsp3) is 0.333. The number of hydrogen-bond acceptors (Lipinski definition) is 1. The molecule has 0 saturated carbocycles. The molecule has 2 rings (SSSR count). The molecule has 0 spiro atoms. The van der Waals surface area contributed by atoms with Crippen molar-refractivity contribution in [1.29, 1.82) is 0 Å². The van der Waals surface area contributed by atoms with Crippen LogP contribution in [-0.2, 0) is 0 Å². The van der Waals surface area contributed by atoms with Gasteiger partial charge in [0.1, 0.15) is 0 Å². The van der Waals surface area contributed by atoms with Crippen LogP contribution >= 0.6 is 11.6 Å². The number of halogens is 1. The summed E-state index contributed by atoms with van der Waals surface area (Å²) in [5, 5.41) is 0.807. The maximum absolute atomic E-state index is 5.89. The molecule has 3 heteroatoms. The number of hydrogen-bond donors (Lipinski definition) is 0. The third-order valence-corrected chi connectivity index (χ3v) is 3.75. The Kier molecular flexibility index (Phi) is 2.34. The second kappa shape index (κ2) is 3.32. The van der Waals surface area contributed by atoms with Gasteiger partial charge in [-0.1, -0.05) is 0 Å². The zero-order valence-corrected chi connectivity index (χ0v) is 9.77. The summed E-state index contributed by atoms with van der Waals surface area (Å²) < 4.78 is 6.14. The molecule has 1 nitrogen and oxygen atoms in total. The summed E-state index contributed by atoms with van der Waals surface area (Å²) in [6.45, 7) is 0.845. The number of fused-ring (bicyclic) bond motifs is 1. The Hall–Kier alpha value is -0.132. The van der Waals surface area contributed by atoms with Gasteiger partial charge in [0.2, 0.25) is 0 Å². The first-order valence-electron chi connectivity index (χ1n) is 3.95. The van der Waals surface area contributed by atoms with Gasteiger partial charge in [-0.2, -0.15) is 0 Å². The average molecular weight is 245 g/mol. The van der Waals surface area contributed by atoms with Crippen LogP contribution in [0.5, 0.6) is 5.75 Å². The molecular formula is C9H10AsClO. The molecule has 64 valence electrons. The molecular weight excluding hydrogens is 234 g/mol. The fourth-order valence-electron chi connectivity index (χ4n) is 1.39. The quantitative estimate of drug-likeness (QED) is 0.633. The molecule has 1 heterocycles. The Morgan fingerprint density at radius 3 is 3.17 bits per heavy atom. The van der Waals surface area contributed by atoms with Crippen molar-refractivity contribution in [3.8, 4) is 5.75 Å². The van der Waals surface area contributed by atoms with E-state index in [1.54, 1.807) is 16.9 Å². The molecule has 0 saturated heterocycles. The zero-order chi connectivity index (χ0) is 8.55. The molecule has 0 amide bonds. The van der Waals surface area contributed by atoms with Crippen molar-refractivity contribution in [3.63, 3.8) is 0 Å². The second-order valence-electron chi connectivity index (χ2n) is 2.93. The van der Waals surface area contributed by atoms with E-state index >= 15 is 0 Å². The van der Waals surface area contributed by atoms with Crippen LogP contribution in [0, 0.1) is 0 Å². The first kappa shape index (κ1) is 8.47. The van der Waals surface area contributed by atoms with E-state index in [4.69, 9.17) is 16.3 Å². The van der Waals surface area contributed by atoms with Crippen molar-refractivity contribution in [2.24, 2.45) is 0 Å². The Bertz CT molecular complexity index is 301. The van der Waals surface area contributed by atoms with Crippen LogP contribution in [0.25, 0.3) is 0 Å². The molecule has 0 bridgehead atoms.